The molecule has 3 heterocycles. The Morgan fingerprint density at radius 3 is 2.29 bits per heavy atom. The van der Waals surface area contributed by atoms with Gasteiger partial charge in [-0.3, -0.25) is 4.57 Å². The molecule has 0 saturated carbocycles. The highest BCUT2D eigenvalue weighted by atomic mass is 16.3. The molecule has 7 aromatic rings. The number of furan rings is 1. The van der Waals surface area contributed by atoms with Gasteiger partial charge < -0.3 is 4.42 Å². The smallest absolute Gasteiger partial charge is 0.165 e. The Hall–Kier alpha value is -4.70. The van der Waals surface area contributed by atoms with E-state index in [9.17, 15) is 0 Å². The van der Waals surface area contributed by atoms with Crippen LogP contribution < -0.4 is 0 Å². The number of para-hydroxylation sites is 2. The zero-order valence-electron chi connectivity index (χ0n) is 19.1. The minimum Gasteiger partial charge on any atom is -0.455 e. The Kier molecular flexibility index (Phi) is 4.33. The van der Waals surface area contributed by atoms with Crippen molar-refractivity contribution < 1.29 is 4.42 Å². The molecular formula is C31H21N3O. The van der Waals surface area contributed by atoms with Gasteiger partial charge in [-0.05, 0) is 60.5 Å². The summed E-state index contributed by atoms with van der Waals surface area (Å²) < 4.78 is 8.66. The number of pyridine rings is 1. The van der Waals surface area contributed by atoms with Crippen LogP contribution in [-0.2, 0) is 0 Å². The summed E-state index contributed by atoms with van der Waals surface area (Å²) in [6, 6.07) is 37.4. The van der Waals surface area contributed by atoms with Crippen molar-refractivity contribution >= 4 is 33.1 Å². The SMILES string of the molecule is Cc1ccc2nc(-c3cccc4c3oc3cc(-c5ccccc5)ccc34)n(-c3ccccc3)c2n1. The number of benzene rings is 4. The first-order valence-electron chi connectivity index (χ1n) is 11.7. The van der Waals surface area contributed by atoms with Gasteiger partial charge in [0.05, 0.1) is 5.56 Å². The zero-order valence-corrected chi connectivity index (χ0v) is 19.1. The Balaban J connectivity index is 1.51. The number of rotatable bonds is 3. The summed E-state index contributed by atoms with van der Waals surface area (Å²) in [5.74, 6) is 0.817. The number of aryl methyl sites for hydroxylation is 1. The van der Waals surface area contributed by atoms with Gasteiger partial charge in [-0.2, -0.15) is 0 Å². The van der Waals surface area contributed by atoms with E-state index < -0.39 is 0 Å². The first-order chi connectivity index (χ1) is 17.3. The Labute approximate surface area is 202 Å². The third-order valence-corrected chi connectivity index (χ3v) is 6.50. The maximum atomic E-state index is 6.54. The van der Waals surface area contributed by atoms with Crippen LogP contribution in [0.3, 0.4) is 0 Å². The predicted molar refractivity (Wildman–Crippen MR) is 142 cm³/mol. The molecule has 166 valence electrons. The molecule has 0 aliphatic carbocycles. The summed E-state index contributed by atoms with van der Waals surface area (Å²) in [5, 5.41) is 2.17. The highest BCUT2D eigenvalue weighted by Gasteiger charge is 2.20. The van der Waals surface area contributed by atoms with Gasteiger partial charge >= 0.3 is 0 Å². The van der Waals surface area contributed by atoms with Crippen LogP contribution >= 0.6 is 0 Å². The lowest BCUT2D eigenvalue weighted by Gasteiger charge is -2.09. The second-order valence-corrected chi connectivity index (χ2v) is 8.76. The summed E-state index contributed by atoms with van der Waals surface area (Å²) in [6.45, 7) is 2.01. The van der Waals surface area contributed by atoms with Crippen LogP contribution in [0.1, 0.15) is 5.69 Å². The summed E-state index contributed by atoms with van der Waals surface area (Å²) >= 11 is 0. The van der Waals surface area contributed by atoms with E-state index in [0.717, 1.165) is 61.4 Å². The number of fused-ring (bicyclic) bond motifs is 4. The monoisotopic (exact) mass is 451 g/mol. The average molecular weight is 452 g/mol. The molecule has 4 heteroatoms. The molecule has 0 aliphatic heterocycles. The fourth-order valence-electron chi connectivity index (χ4n) is 4.84. The van der Waals surface area contributed by atoms with E-state index in [1.807, 2.05) is 43.3 Å². The molecule has 0 amide bonds. The molecule has 0 bridgehead atoms. The molecule has 3 aromatic heterocycles. The molecule has 4 nitrogen and oxygen atoms in total. The van der Waals surface area contributed by atoms with Crippen molar-refractivity contribution in [2.45, 2.75) is 6.92 Å². The van der Waals surface area contributed by atoms with Crippen LogP contribution in [-0.4, -0.2) is 14.5 Å². The van der Waals surface area contributed by atoms with Crippen molar-refractivity contribution in [2.24, 2.45) is 0 Å². The van der Waals surface area contributed by atoms with Crippen LogP contribution in [0.5, 0.6) is 0 Å². The molecule has 0 aliphatic rings. The average Bonchev–Trinajstić information content (AvgIpc) is 3.47. The summed E-state index contributed by atoms with van der Waals surface area (Å²) in [5.41, 5.74) is 8.61. The molecule has 0 saturated heterocycles. The lowest BCUT2D eigenvalue weighted by molar-refractivity contribution is 0.669. The molecule has 7 rings (SSSR count). The van der Waals surface area contributed by atoms with Crippen molar-refractivity contribution in [1.29, 1.82) is 0 Å². The van der Waals surface area contributed by atoms with Crippen LogP contribution in [0, 0.1) is 6.92 Å². The van der Waals surface area contributed by atoms with Gasteiger partial charge in [0.25, 0.3) is 0 Å². The van der Waals surface area contributed by atoms with E-state index in [-0.39, 0.29) is 0 Å². The van der Waals surface area contributed by atoms with Gasteiger partial charge in [0.1, 0.15) is 16.7 Å². The van der Waals surface area contributed by atoms with Crippen LogP contribution in [0.4, 0.5) is 0 Å². The van der Waals surface area contributed by atoms with Crippen molar-refractivity contribution in [1.82, 2.24) is 14.5 Å². The molecule has 35 heavy (non-hydrogen) atoms. The van der Waals surface area contributed by atoms with Gasteiger partial charge in [0.2, 0.25) is 0 Å². The summed E-state index contributed by atoms with van der Waals surface area (Å²) in [7, 11) is 0. The van der Waals surface area contributed by atoms with E-state index in [4.69, 9.17) is 14.4 Å². The normalized spacial score (nSPS) is 11.6. The van der Waals surface area contributed by atoms with E-state index in [1.54, 1.807) is 0 Å². The Bertz CT molecular complexity index is 1850. The van der Waals surface area contributed by atoms with Crippen LogP contribution in [0.25, 0.3) is 61.3 Å². The van der Waals surface area contributed by atoms with E-state index in [0.29, 0.717) is 0 Å². The van der Waals surface area contributed by atoms with Crippen molar-refractivity contribution in [3.05, 3.63) is 115 Å². The standard InChI is InChI=1S/C31H21N3O/c1-20-15-18-27-31(32-20)34(23-11-6-3-7-12-23)30(33-27)26-14-8-13-25-24-17-16-22(19-28(24)35-29(25)26)21-9-4-2-5-10-21/h2-19H,1H3. The number of imidazole rings is 1. The number of nitrogens with zero attached hydrogens (tertiary/aromatic N) is 3. The van der Waals surface area contributed by atoms with Gasteiger partial charge in [0, 0.05) is 22.2 Å². The largest absolute Gasteiger partial charge is 0.455 e. The summed E-state index contributed by atoms with van der Waals surface area (Å²) in [6.07, 6.45) is 0. The molecule has 4 aromatic carbocycles. The van der Waals surface area contributed by atoms with Gasteiger partial charge in [0.15, 0.2) is 11.5 Å². The van der Waals surface area contributed by atoms with Gasteiger partial charge in [-0.15, -0.1) is 0 Å². The third kappa shape index (κ3) is 3.15. The van der Waals surface area contributed by atoms with Crippen molar-refractivity contribution in [2.75, 3.05) is 0 Å². The highest BCUT2D eigenvalue weighted by molar-refractivity contribution is 6.10. The van der Waals surface area contributed by atoms with Gasteiger partial charge in [-0.25, -0.2) is 9.97 Å². The summed E-state index contributed by atoms with van der Waals surface area (Å²) in [4.78, 5) is 9.86. The van der Waals surface area contributed by atoms with Crippen LogP contribution in [0.2, 0.25) is 0 Å². The van der Waals surface area contributed by atoms with E-state index in [2.05, 4.69) is 77.4 Å². The molecule has 0 fully saturated rings. The molecule has 0 spiro atoms. The lowest BCUT2D eigenvalue weighted by Crippen LogP contribution is -1.99. The fourth-order valence-corrected chi connectivity index (χ4v) is 4.84. The third-order valence-electron chi connectivity index (χ3n) is 6.50. The second-order valence-electron chi connectivity index (χ2n) is 8.76. The van der Waals surface area contributed by atoms with Crippen LogP contribution in [0.15, 0.2) is 114 Å². The lowest BCUT2D eigenvalue weighted by atomic mass is 10.0. The first-order valence-corrected chi connectivity index (χ1v) is 11.7. The molecular weight excluding hydrogens is 430 g/mol. The predicted octanol–water partition coefficient (Wildman–Crippen LogP) is 7.96. The minimum absolute atomic E-state index is 0.817. The van der Waals surface area contributed by atoms with E-state index in [1.165, 1.54) is 5.56 Å². The number of hydrogen-bond donors (Lipinski definition) is 0. The fraction of sp³-hybridized carbons (Fsp3) is 0.0323. The Morgan fingerprint density at radius 1 is 0.657 bits per heavy atom. The molecule has 0 N–H and O–H groups in total. The maximum absolute atomic E-state index is 6.54. The molecule has 0 unspecified atom stereocenters. The molecule has 0 atom stereocenters. The maximum Gasteiger partial charge on any atom is 0.165 e. The van der Waals surface area contributed by atoms with Crippen molar-refractivity contribution in [3.63, 3.8) is 0 Å². The van der Waals surface area contributed by atoms with E-state index >= 15 is 0 Å². The minimum atomic E-state index is 0.817. The number of hydrogen-bond acceptors (Lipinski definition) is 3. The van der Waals surface area contributed by atoms with Gasteiger partial charge in [-0.1, -0.05) is 66.7 Å². The Morgan fingerprint density at radius 2 is 1.46 bits per heavy atom. The topological polar surface area (TPSA) is 43.9 Å². The highest BCUT2D eigenvalue weighted by Crippen LogP contribution is 2.38. The zero-order chi connectivity index (χ0) is 23.4. The van der Waals surface area contributed by atoms with Crippen molar-refractivity contribution in [3.8, 4) is 28.2 Å². The number of aromatic nitrogens is 3. The first kappa shape index (κ1) is 19.7. The molecule has 0 radical (unpaired) electrons. The quantitative estimate of drug-likeness (QED) is 0.274. The second kappa shape index (κ2) is 7.67.